The summed E-state index contributed by atoms with van der Waals surface area (Å²) in [7, 11) is 0. The number of rotatable bonds is 13. The molecule has 6 heteroatoms. The monoisotopic (exact) mass is 392 g/mol. The first-order valence-corrected chi connectivity index (χ1v) is 10.3. The van der Waals surface area contributed by atoms with Gasteiger partial charge in [0.25, 0.3) is 0 Å². The number of carbonyl (C=O) groups excluding carboxylic acids is 2. The summed E-state index contributed by atoms with van der Waals surface area (Å²) in [6.45, 7) is 4.08. The molecule has 1 aliphatic heterocycles. The number of carbonyl (C=O) groups is 2. The van der Waals surface area contributed by atoms with Crippen LogP contribution in [0.2, 0.25) is 0 Å². The largest absolute Gasteiger partial charge is 0.493 e. The molecule has 1 aromatic rings. The molecular weight excluding hydrogens is 360 g/mol. The highest BCUT2D eigenvalue weighted by molar-refractivity contribution is 5.95. The van der Waals surface area contributed by atoms with Gasteiger partial charge in [-0.15, -0.1) is 0 Å². The van der Waals surface area contributed by atoms with Crippen LogP contribution in [-0.4, -0.2) is 44.5 Å². The van der Waals surface area contributed by atoms with Crippen LogP contribution in [0.5, 0.6) is 5.75 Å². The first kappa shape index (κ1) is 22.4. The number of hydrogen-bond donors (Lipinski definition) is 0. The second-order valence-corrected chi connectivity index (χ2v) is 6.95. The minimum absolute atomic E-state index is 0.0461. The van der Waals surface area contributed by atoms with E-state index in [0.717, 1.165) is 38.0 Å². The summed E-state index contributed by atoms with van der Waals surface area (Å²) in [5.74, 6) is 0.258. The fourth-order valence-corrected chi connectivity index (χ4v) is 2.92. The summed E-state index contributed by atoms with van der Waals surface area (Å²) in [6, 6.07) is 7.92. The van der Waals surface area contributed by atoms with Crippen LogP contribution in [0.3, 0.4) is 0 Å². The minimum atomic E-state index is -0.455. The third-order valence-electron chi connectivity index (χ3n) is 4.45. The van der Waals surface area contributed by atoms with Gasteiger partial charge >= 0.3 is 5.97 Å². The molecule has 28 heavy (non-hydrogen) atoms. The zero-order valence-electron chi connectivity index (χ0n) is 16.8. The molecule has 156 valence electrons. The van der Waals surface area contributed by atoms with Crippen molar-refractivity contribution in [3.05, 3.63) is 29.8 Å². The smallest absolute Gasteiger partial charge is 0.313 e. The van der Waals surface area contributed by atoms with Crippen molar-refractivity contribution in [1.82, 2.24) is 0 Å². The van der Waals surface area contributed by atoms with Crippen LogP contribution in [-0.2, 0) is 30.2 Å². The first-order chi connectivity index (χ1) is 13.7. The van der Waals surface area contributed by atoms with E-state index in [9.17, 15) is 9.59 Å². The molecule has 1 saturated heterocycles. The van der Waals surface area contributed by atoms with Crippen LogP contribution in [0.25, 0.3) is 0 Å². The van der Waals surface area contributed by atoms with Gasteiger partial charge in [-0.2, -0.15) is 0 Å². The van der Waals surface area contributed by atoms with E-state index < -0.39 is 5.97 Å². The van der Waals surface area contributed by atoms with Crippen LogP contribution in [0, 0.1) is 0 Å². The number of esters is 1. The summed E-state index contributed by atoms with van der Waals surface area (Å²) >= 11 is 0. The second-order valence-electron chi connectivity index (χ2n) is 6.95. The zero-order chi connectivity index (χ0) is 20.0. The second kappa shape index (κ2) is 13.3. The Bertz CT molecular complexity index is 577. The van der Waals surface area contributed by atoms with E-state index in [4.69, 9.17) is 18.9 Å². The van der Waals surface area contributed by atoms with Crippen molar-refractivity contribution >= 4 is 11.8 Å². The van der Waals surface area contributed by atoms with Crippen molar-refractivity contribution in [2.75, 3.05) is 26.4 Å². The highest BCUT2D eigenvalue weighted by atomic mass is 16.7. The summed E-state index contributed by atoms with van der Waals surface area (Å²) in [4.78, 5) is 22.8. The van der Waals surface area contributed by atoms with E-state index in [0.29, 0.717) is 26.1 Å². The lowest BCUT2D eigenvalue weighted by atomic mass is 10.1. The number of ketones is 1. The van der Waals surface area contributed by atoms with Crippen molar-refractivity contribution < 1.29 is 28.5 Å². The summed E-state index contributed by atoms with van der Waals surface area (Å²) in [5.41, 5.74) is 1.19. The maximum Gasteiger partial charge on any atom is 0.313 e. The van der Waals surface area contributed by atoms with Crippen LogP contribution < -0.4 is 4.74 Å². The lowest BCUT2D eigenvalue weighted by molar-refractivity contribution is -0.161. The highest BCUT2D eigenvalue weighted by Crippen LogP contribution is 2.16. The summed E-state index contributed by atoms with van der Waals surface area (Å²) in [6.07, 6.45) is 5.71. The number of benzene rings is 1. The lowest BCUT2D eigenvalue weighted by Crippen LogP contribution is -2.23. The average molecular weight is 392 g/mol. The van der Waals surface area contributed by atoms with Crippen LogP contribution >= 0.6 is 0 Å². The predicted molar refractivity (Wildman–Crippen MR) is 105 cm³/mol. The topological polar surface area (TPSA) is 71.1 Å². The van der Waals surface area contributed by atoms with Gasteiger partial charge < -0.3 is 18.9 Å². The van der Waals surface area contributed by atoms with E-state index in [1.165, 1.54) is 12.0 Å². The van der Waals surface area contributed by atoms with Gasteiger partial charge in [0.2, 0.25) is 0 Å². The van der Waals surface area contributed by atoms with Gasteiger partial charge in [0.05, 0.1) is 19.8 Å². The SMILES string of the molecule is CCCC(=O)CC(=O)OCCCOc1ccc(CCOC2CCCCO2)cc1. The van der Waals surface area contributed by atoms with Gasteiger partial charge in [0, 0.05) is 19.4 Å². The quantitative estimate of drug-likeness (QED) is 0.289. The molecule has 0 spiro atoms. The van der Waals surface area contributed by atoms with E-state index in [2.05, 4.69) is 0 Å². The molecule has 1 unspecified atom stereocenters. The van der Waals surface area contributed by atoms with Gasteiger partial charge in [-0.05, 0) is 49.8 Å². The molecule has 2 rings (SSSR count). The van der Waals surface area contributed by atoms with Crippen LogP contribution in [0.1, 0.15) is 57.4 Å². The molecule has 0 N–H and O–H groups in total. The van der Waals surface area contributed by atoms with Crippen molar-refractivity contribution in [1.29, 1.82) is 0 Å². The molecule has 1 fully saturated rings. The summed E-state index contributed by atoms with van der Waals surface area (Å²) in [5, 5.41) is 0. The normalized spacial score (nSPS) is 16.5. The molecule has 0 amide bonds. The maximum absolute atomic E-state index is 11.5. The molecule has 1 heterocycles. The minimum Gasteiger partial charge on any atom is -0.493 e. The number of hydrogen-bond acceptors (Lipinski definition) is 6. The molecule has 1 atom stereocenters. The van der Waals surface area contributed by atoms with E-state index in [1.54, 1.807) is 0 Å². The van der Waals surface area contributed by atoms with Crippen molar-refractivity contribution in [3.63, 3.8) is 0 Å². The van der Waals surface area contributed by atoms with Crippen molar-refractivity contribution in [2.45, 2.75) is 64.6 Å². The van der Waals surface area contributed by atoms with Crippen LogP contribution in [0.4, 0.5) is 0 Å². The zero-order valence-corrected chi connectivity index (χ0v) is 16.8. The summed E-state index contributed by atoms with van der Waals surface area (Å²) < 4.78 is 22.0. The molecule has 0 bridgehead atoms. The average Bonchev–Trinajstić information content (AvgIpc) is 2.70. The fourth-order valence-electron chi connectivity index (χ4n) is 2.92. The van der Waals surface area contributed by atoms with Crippen molar-refractivity contribution in [3.8, 4) is 5.75 Å². The highest BCUT2D eigenvalue weighted by Gasteiger charge is 2.13. The number of Topliss-reactive ketones (excluding diaryl/α,β-unsaturated/α-hetero) is 1. The molecule has 0 saturated carbocycles. The Morgan fingerprint density at radius 1 is 1.11 bits per heavy atom. The van der Waals surface area contributed by atoms with E-state index in [-0.39, 0.29) is 25.1 Å². The maximum atomic E-state index is 11.5. The number of ether oxygens (including phenoxy) is 4. The van der Waals surface area contributed by atoms with E-state index >= 15 is 0 Å². The molecule has 6 nitrogen and oxygen atoms in total. The molecule has 1 aliphatic rings. The third kappa shape index (κ3) is 9.33. The molecule has 1 aromatic carbocycles. The third-order valence-corrected chi connectivity index (χ3v) is 4.45. The Labute approximate surface area is 167 Å². The molecule has 0 radical (unpaired) electrons. The predicted octanol–water partition coefficient (Wildman–Crippen LogP) is 3.84. The van der Waals surface area contributed by atoms with Crippen LogP contribution in [0.15, 0.2) is 24.3 Å². The molecular formula is C22H32O6. The van der Waals surface area contributed by atoms with Gasteiger partial charge in [-0.25, -0.2) is 0 Å². The Balaban J connectivity index is 1.53. The Morgan fingerprint density at radius 3 is 2.64 bits per heavy atom. The standard InChI is InChI=1S/C22H32O6/c1-2-6-19(23)17-21(24)26-15-5-14-25-20-10-8-18(9-11-20)12-16-28-22-7-3-4-13-27-22/h8-11,22H,2-7,12-17H2,1H3. The Hall–Kier alpha value is -1.92. The first-order valence-electron chi connectivity index (χ1n) is 10.3. The molecule has 0 aromatic heterocycles. The van der Waals surface area contributed by atoms with Gasteiger partial charge in [-0.3, -0.25) is 9.59 Å². The fraction of sp³-hybridized carbons (Fsp3) is 0.636. The van der Waals surface area contributed by atoms with Gasteiger partial charge in [-0.1, -0.05) is 19.1 Å². The van der Waals surface area contributed by atoms with Gasteiger partial charge in [0.1, 0.15) is 18.0 Å². The lowest BCUT2D eigenvalue weighted by Gasteiger charge is -2.22. The Morgan fingerprint density at radius 2 is 1.93 bits per heavy atom. The molecule has 0 aliphatic carbocycles. The van der Waals surface area contributed by atoms with E-state index in [1.807, 2.05) is 31.2 Å². The Kier molecular flexibility index (Phi) is 10.6. The van der Waals surface area contributed by atoms with Crippen molar-refractivity contribution in [2.24, 2.45) is 0 Å². The van der Waals surface area contributed by atoms with Gasteiger partial charge in [0.15, 0.2) is 6.29 Å².